The quantitative estimate of drug-likeness (QED) is 0.602. The molecule has 2 amide bonds. The molecule has 5 rings (SSSR count). The highest BCUT2D eigenvalue weighted by Gasteiger charge is 2.52. The van der Waals surface area contributed by atoms with Crippen LogP contribution in [0.25, 0.3) is 0 Å². The molecule has 0 bridgehead atoms. The standard InChI is InChI=1S/C25H27F3N4O5/c1-2-31-22-18(20(24(35)36)30-32(22)16-8-10-37-11-9-16)17(13-6-7-13)19(23(31)34)29-21(33)14-4-3-5-15(12-14)25(26,27)28/h3-5,12-13,16-17,19H,2,6-11H2,1H3,(H,29,33)(H,35,36)/t17-,19-/m1/s1. The number of carboxylic acid groups (broad SMARTS) is 1. The number of hydrogen-bond donors (Lipinski definition) is 2. The summed E-state index contributed by atoms with van der Waals surface area (Å²) in [5.41, 5.74) is -0.973. The first-order valence-electron chi connectivity index (χ1n) is 12.3. The highest BCUT2D eigenvalue weighted by Crippen LogP contribution is 2.52. The number of fused-ring (bicyclic) bond motifs is 1. The van der Waals surface area contributed by atoms with Gasteiger partial charge in [0, 0.05) is 36.8 Å². The molecule has 1 aromatic carbocycles. The molecule has 2 N–H and O–H groups in total. The molecule has 198 valence electrons. The Labute approximate surface area is 210 Å². The maximum absolute atomic E-state index is 13.8. The van der Waals surface area contributed by atoms with Gasteiger partial charge >= 0.3 is 12.1 Å². The van der Waals surface area contributed by atoms with Gasteiger partial charge in [-0.1, -0.05) is 6.07 Å². The van der Waals surface area contributed by atoms with E-state index >= 15 is 0 Å². The van der Waals surface area contributed by atoms with Crippen molar-refractivity contribution in [3.05, 3.63) is 46.6 Å². The van der Waals surface area contributed by atoms with Gasteiger partial charge in [0.05, 0.1) is 11.6 Å². The second-order valence-electron chi connectivity index (χ2n) is 9.65. The first kappa shape index (κ1) is 25.2. The van der Waals surface area contributed by atoms with E-state index in [1.54, 1.807) is 11.6 Å². The summed E-state index contributed by atoms with van der Waals surface area (Å²) in [5, 5.41) is 17.1. The third-order valence-electron chi connectivity index (χ3n) is 7.33. The number of nitrogens with zero attached hydrogens (tertiary/aromatic N) is 3. The van der Waals surface area contributed by atoms with E-state index in [0.29, 0.717) is 37.4 Å². The molecular formula is C25H27F3N4O5. The van der Waals surface area contributed by atoms with E-state index in [9.17, 15) is 32.7 Å². The Bertz CT molecular complexity index is 1230. The summed E-state index contributed by atoms with van der Waals surface area (Å²) in [5.74, 6) is -2.78. The maximum Gasteiger partial charge on any atom is 0.416 e. The van der Waals surface area contributed by atoms with Gasteiger partial charge in [-0.2, -0.15) is 18.3 Å². The molecule has 12 heteroatoms. The molecule has 1 saturated carbocycles. The van der Waals surface area contributed by atoms with Crippen molar-refractivity contribution in [2.24, 2.45) is 5.92 Å². The number of likely N-dealkylation sites (N-methyl/N-ethyl adjacent to an activating group) is 1. The lowest BCUT2D eigenvalue weighted by Gasteiger charge is -2.39. The number of amides is 2. The molecule has 0 radical (unpaired) electrons. The van der Waals surface area contributed by atoms with Gasteiger partial charge in [-0.25, -0.2) is 9.48 Å². The van der Waals surface area contributed by atoms with Crippen LogP contribution in [0.3, 0.4) is 0 Å². The van der Waals surface area contributed by atoms with Gasteiger partial charge in [0.1, 0.15) is 11.9 Å². The number of rotatable bonds is 6. The van der Waals surface area contributed by atoms with Crippen molar-refractivity contribution >= 4 is 23.6 Å². The summed E-state index contributed by atoms with van der Waals surface area (Å²) in [6.07, 6.45) is -1.93. The molecule has 2 atom stereocenters. The molecule has 2 fully saturated rings. The van der Waals surface area contributed by atoms with Crippen LogP contribution in [0.5, 0.6) is 0 Å². The number of halogens is 3. The average Bonchev–Trinajstić information content (AvgIpc) is 3.64. The van der Waals surface area contributed by atoms with Crippen LogP contribution in [0.15, 0.2) is 24.3 Å². The topological polar surface area (TPSA) is 114 Å². The molecular weight excluding hydrogens is 493 g/mol. The zero-order chi connectivity index (χ0) is 26.5. The van der Waals surface area contributed by atoms with Crippen molar-refractivity contribution in [2.45, 2.75) is 56.8 Å². The summed E-state index contributed by atoms with van der Waals surface area (Å²) in [6.45, 7) is 2.92. The minimum absolute atomic E-state index is 0.0565. The molecule has 37 heavy (non-hydrogen) atoms. The minimum atomic E-state index is -4.63. The normalized spacial score (nSPS) is 22.6. The van der Waals surface area contributed by atoms with Crippen molar-refractivity contribution < 1.29 is 37.4 Å². The molecule has 1 aromatic heterocycles. The number of ether oxygens (including phenoxy) is 1. The van der Waals surface area contributed by atoms with Crippen molar-refractivity contribution in [1.82, 2.24) is 15.1 Å². The van der Waals surface area contributed by atoms with Crippen LogP contribution in [-0.4, -0.2) is 58.5 Å². The van der Waals surface area contributed by atoms with Crippen LogP contribution in [0, 0.1) is 5.92 Å². The van der Waals surface area contributed by atoms with Gasteiger partial charge in [-0.05, 0) is 56.7 Å². The van der Waals surface area contributed by atoms with Gasteiger partial charge in [0.25, 0.3) is 11.8 Å². The Morgan fingerprint density at radius 3 is 2.49 bits per heavy atom. The number of carboxylic acids is 1. The first-order valence-corrected chi connectivity index (χ1v) is 12.3. The Kier molecular flexibility index (Phi) is 6.47. The van der Waals surface area contributed by atoms with Crippen LogP contribution in [0.4, 0.5) is 19.0 Å². The molecule has 1 saturated heterocycles. The zero-order valence-corrected chi connectivity index (χ0v) is 20.1. The Balaban J connectivity index is 1.57. The van der Waals surface area contributed by atoms with E-state index < -0.39 is 41.5 Å². The lowest BCUT2D eigenvalue weighted by molar-refractivity contribution is -0.137. The number of carbonyl (C=O) groups excluding carboxylic acids is 2. The van der Waals surface area contributed by atoms with Crippen molar-refractivity contribution in [3.8, 4) is 0 Å². The van der Waals surface area contributed by atoms with E-state index in [1.807, 2.05) is 0 Å². The van der Waals surface area contributed by atoms with Crippen LogP contribution in [0.2, 0.25) is 0 Å². The van der Waals surface area contributed by atoms with Crippen LogP contribution in [-0.2, 0) is 15.7 Å². The molecule has 2 aromatic rings. The molecule has 3 heterocycles. The van der Waals surface area contributed by atoms with E-state index in [1.165, 1.54) is 11.0 Å². The number of aromatic carboxylic acids is 1. The fraction of sp³-hybridized carbons (Fsp3) is 0.520. The number of aromatic nitrogens is 2. The molecule has 1 aliphatic carbocycles. The Morgan fingerprint density at radius 2 is 1.89 bits per heavy atom. The molecule has 0 unspecified atom stereocenters. The van der Waals surface area contributed by atoms with Crippen molar-refractivity contribution in [1.29, 1.82) is 0 Å². The van der Waals surface area contributed by atoms with Gasteiger partial charge in [-0.3, -0.25) is 14.5 Å². The van der Waals surface area contributed by atoms with Gasteiger partial charge in [-0.15, -0.1) is 0 Å². The lowest BCUT2D eigenvalue weighted by atomic mass is 9.82. The Morgan fingerprint density at radius 1 is 1.19 bits per heavy atom. The molecule has 2 aliphatic heterocycles. The summed E-state index contributed by atoms with van der Waals surface area (Å²) < 4.78 is 46.7. The SMILES string of the molecule is CCN1C(=O)[C@H](NC(=O)c2cccc(C(F)(F)F)c2)[C@H](C2CC2)c2c(C(=O)O)nn(C3CCOCC3)c21. The van der Waals surface area contributed by atoms with Gasteiger partial charge in [0.15, 0.2) is 5.69 Å². The third kappa shape index (κ3) is 4.58. The molecule has 0 spiro atoms. The Hall–Kier alpha value is -3.41. The lowest BCUT2D eigenvalue weighted by Crippen LogP contribution is -2.56. The minimum Gasteiger partial charge on any atom is -0.476 e. The van der Waals surface area contributed by atoms with Crippen LogP contribution in [0.1, 0.15) is 76.5 Å². The van der Waals surface area contributed by atoms with Crippen molar-refractivity contribution in [3.63, 3.8) is 0 Å². The van der Waals surface area contributed by atoms with E-state index in [2.05, 4.69) is 10.4 Å². The number of anilines is 1. The van der Waals surface area contributed by atoms with E-state index in [-0.39, 0.29) is 29.8 Å². The van der Waals surface area contributed by atoms with Crippen molar-refractivity contribution in [2.75, 3.05) is 24.7 Å². The third-order valence-corrected chi connectivity index (χ3v) is 7.33. The predicted octanol–water partition coefficient (Wildman–Crippen LogP) is 3.61. The highest BCUT2D eigenvalue weighted by atomic mass is 19.4. The van der Waals surface area contributed by atoms with E-state index in [4.69, 9.17) is 4.74 Å². The highest BCUT2D eigenvalue weighted by molar-refractivity contribution is 6.06. The summed E-state index contributed by atoms with van der Waals surface area (Å²) in [7, 11) is 0. The summed E-state index contributed by atoms with van der Waals surface area (Å²) >= 11 is 0. The number of carbonyl (C=O) groups is 3. The summed E-state index contributed by atoms with van der Waals surface area (Å²) in [4.78, 5) is 40.6. The zero-order valence-electron chi connectivity index (χ0n) is 20.1. The number of hydrogen-bond acceptors (Lipinski definition) is 5. The fourth-order valence-corrected chi connectivity index (χ4v) is 5.43. The molecule has 9 nitrogen and oxygen atoms in total. The largest absolute Gasteiger partial charge is 0.476 e. The smallest absolute Gasteiger partial charge is 0.416 e. The number of nitrogens with one attached hydrogen (secondary N) is 1. The second-order valence-corrected chi connectivity index (χ2v) is 9.65. The van der Waals surface area contributed by atoms with Gasteiger partial charge < -0.3 is 15.2 Å². The van der Waals surface area contributed by atoms with Crippen LogP contribution < -0.4 is 10.2 Å². The predicted molar refractivity (Wildman–Crippen MR) is 124 cm³/mol. The van der Waals surface area contributed by atoms with E-state index in [0.717, 1.165) is 31.0 Å². The first-order chi connectivity index (χ1) is 17.6. The number of alkyl halides is 3. The maximum atomic E-state index is 13.8. The summed E-state index contributed by atoms with van der Waals surface area (Å²) in [6, 6.07) is 2.71. The second kappa shape index (κ2) is 9.47. The average molecular weight is 521 g/mol. The monoisotopic (exact) mass is 520 g/mol. The van der Waals surface area contributed by atoms with Crippen LogP contribution >= 0.6 is 0 Å². The van der Waals surface area contributed by atoms with Gasteiger partial charge in [0.2, 0.25) is 0 Å². The number of benzene rings is 1. The molecule has 3 aliphatic rings. The fourth-order valence-electron chi connectivity index (χ4n) is 5.43.